The van der Waals surface area contributed by atoms with Gasteiger partial charge in [-0.1, -0.05) is 59.7 Å². The van der Waals surface area contributed by atoms with Crippen LogP contribution in [0.25, 0.3) is 22.4 Å². The highest BCUT2D eigenvalue weighted by Gasteiger charge is 2.38. The maximum absolute atomic E-state index is 12.7. The zero-order valence-electron chi connectivity index (χ0n) is 15.7. The molecule has 7 nitrogen and oxygen atoms in total. The summed E-state index contributed by atoms with van der Waals surface area (Å²) < 4.78 is 1.71. The zero-order chi connectivity index (χ0) is 20.7. The minimum atomic E-state index is -0.746. The number of aromatic nitrogens is 2. The molecule has 7 heteroatoms. The first-order valence-corrected chi connectivity index (χ1v) is 9.33. The lowest BCUT2D eigenvalue weighted by Crippen LogP contribution is -2.34. The molecule has 0 aliphatic carbocycles. The van der Waals surface area contributed by atoms with E-state index in [0.29, 0.717) is 10.9 Å². The van der Waals surface area contributed by atoms with Gasteiger partial charge in [-0.05, 0) is 24.3 Å². The van der Waals surface area contributed by atoms with Crippen molar-refractivity contribution in [1.29, 1.82) is 0 Å². The minimum absolute atomic E-state index is 0.210. The van der Waals surface area contributed by atoms with Crippen molar-refractivity contribution < 1.29 is 19.2 Å². The van der Waals surface area contributed by atoms with Crippen LogP contribution < -0.4 is 0 Å². The molecule has 30 heavy (non-hydrogen) atoms. The van der Waals surface area contributed by atoms with E-state index in [9.17, 15) is 14.4 Å². The van der Waals surface area contributed by atoms with E-state index in [2.05, 4.69) is 4.98 Å². The van der Waals surface area contributed by atoms with Crippen LogP contribution >= 0.6 is 0 Å². The summed E-state index contributed by atoms with van der Waals surface area (Å²) in [5.41, 5.74) is 2.74. The van der Waals surface area contributed by atoms with Gasteiger partial charge in [0.1, 0.15) is 12.4 Å². The Hall–Kier alpha value is -4.26. The number of hydrogen-bond donors (Lipinski definition) is 0. The first-order valence-electron chi connectivity index (χ1n) is 9.33. The average molecular weight is 397 g/mol. The molecule has 1 aliphatic rings. The molecule has 146 valence electrons. The molecule has 0 bridgehead atoms. The van der Waals surface area contributed by atoms with Gasteiger partial charge in [-0.2, -0.15) is 0 Å². The maximum Gasteiger partial charge on any atom is 0.352 e. The number of nitrogens with zero attached hydrogens (tertiary/aromatic N) is 3. The van der Waals surface area contributed by atoms with Gasteiger partial charge >= 0.3 is 5.97 Å². The highest BCUT2D eigenvalue weighted by molar-refractivity contribution is 6.20. The standard InChI is InChI=1S/C23H15N3O4/c27-20(30-26-22(28)16-10-4-5-11-17(16)23(26)29)14-25-19-13-7-6-12-18(19)24-21(25)15-8-2-1-3-9-15/h1-13H,14H2. The Bertz CT molecular complexity index is 1280. The third-order valence-electron chi connectivity index (χ3n) is 4.92. The van der Waals surface area contributed by atoms with Crippen LogP contribution in [0.5, 0.6) is 0 Å². The van der Waals surface area contributed by atoms with E-state index >= 15 is 0 Å². The van der Waals surface area contributed by atoms with Crippen molar-refractivity contribution in [3.63, 3.8) is 0 Å². The van der Waals surface area contributed by atoms with E-state index in [-0.39, 0.29) is 17.7 Å². The lowest BCUT2D eigenvalue weighted by Gasteiger charge is -2.14. The Morgan fingerprint density at radius 1 is 0.800 bits per heavy atom. The largest absolute Gasteiger partial charge is 0.352 e. The van der Waals surface area contributed by atoms with Crippen LogP contribution in [-0.2, 0) is 16.2 Å². The first kappa shape index (κ1) is 17.8. The van der Waals surface area contributed by atoms with Gasteiger partial charge < -0.3 is 9.40 Å². The van der Waals surface area contributed by atoms with E-state index in [1.54, 1.807) is 16.7 Å². The van der Waals surface area contributed by atoms with E-state index in [4.69, 9.17) is 4.84 Å². The first-order chi connectivity index (χ1) is 14.6. The second-order valence-electron chi connectivity index (χ2n) is 6.79. The van der Waals surface area contributed by atoms with Crippen molar-refractivity contribution in [2.75, 3.05) is 0 Å². The third kappa shape index (κ3) is 2.84. The molecular formula is C23H15N3O4. The molecule has 4 aromatic rings. The number of carbonyl (C=O) groups is 3. The average Bonchev–Trinajstić information content (AvgIpc) is 3.26. The SMILES string of the molecule is O=C(Cn1c(-c2ccccc2)nc2ccccc21)ON1C(=O)c2ccccc2C1=O. The van der Waals surface area contributed by atoms with E-state index in [0.717, 1.165) is 16.6 Å². The summed E-state index contributed by atoms with van der Waals surface area (Å²) in [4.78, 5) is 47.4. The van der Waals surface area contributed by atoms with Crippen molar-refractivity contribution in [2.24, 2.45) is 0 Å². The van der Waals surface area contributed by atoms with Crippen LogP contribution in [-0.4, -0.2) is 32.4 Å². The van der Waals surface area contributed by atoms with E-state index in [1.165, 1.54) is 12.1 Å². The summed E-state index contributed by atoms with van der Waals surface area (Å²) in [7, 11) is 0. The van der Waals surface area contributed by atoms with Crippen LogP contribution in [0.1, 0.15) is 20.7 Å². The Morgan fingerprint density at radius 2 is 1.40 bits per heavy atom. The Kier molecular flexibility index (Phi) is 4.14. The normalized spacial score (nSPS) is 13.0. The predicted octanol–water partition coefficient (Wildman–Crippen LogP) is 3.46. The van der Waals surface area contributed by atoms with Gasteiger partial charge in [-0.3, -0.25) is 9.59 Å². The quantitative estimate of drug-likeness (QED) is 0.493. The number of amides is 2. The molecule has 0 radical (unpaired) electrons. The zero-order valence-corrected chi connectivity index (χ0v) is 15.7. The third-order valence-corrected chi connectivity index (χ3v) is 4.92. The Balaban J connectivity index is 1.46. The highest BCUT2D eigenvalue weighted by Crippen LogP contribution is 2.26. The number of imide groups is 1. The molecule has 2 heterocycles. The molecule has 1 aromatic heterocycles. The van der Waals surface area contributed by atoms with Crippen LogP contribution in [0.2, 0.25) is 0 Å². The van der Waals surface area contributed by atoms with Gasteiger partial charge in [0.2, 0.25) is 0 Å². The Morgan fingerprint density at radius 3 is 2.10 bits per heavy atom. The molecule has 0 saturated carbocycles. The molecule has 1 aliphatic heterocycles. The number of rotatable bonds is 4. The number of hydroxylamine groups is 2. The number of carbonyl (C=O) groups excluding carboxylic acids is 3. The fourth-order valence-electron chi connectivity index (χ4n) is 3.55. The molecule has 0 saturated heterocycles. The number of para-hydroxylation sites is 2. The van der Waals surface area contributed by atoms with Gasteiger partial charge in [0.25, 0.3) is 11.8 Å². The number of benzene rings is 3. The highest BCUT2D eigenvalue weighted by atomic mass is 16.7. The second-order valence-corrected chi connectivity index (χ2v) is 6.79. The summed E-state index contributed by atoms with van der Waals surface area (Å²) in [5, 5.41) is 0.522. The summed E-state index contributed by atoms with van der Waals surface area (Å²) >= 11 is 0. The van der Waals surface area contributed by atoms with Gasteiger partial charge in [-0.25, -0.2) is 9.78 Å². The molecule has 2 amide bonds. The summed E-state index contributed by atoms with van der Waals surface area (Å²) in [6.07, 6.45) is 0. The van der Waals surface area contributed by atoms with Crippen molar-refractivity contribution in [2.45, 2.75) is 6.54 Å². The van der Waals surface area contributed by atoms with Crippen molar-refractivity contribution in [3.8, 4) is 11.4 Å². The van der Waals surface area contributed by atoms with Crippen LogP contribution in [0.4, 0.5) is 0 Å². The molecule has 0 unspecified atom stereocenters. The molecular weight excluding hydrogens is 382 g/mol. The Labute approximate surface area is 171 Å². The lowest BCUT2D eigenvalue weighted by atomic mass is 10.1. The van der Waals surface area contributed by atoms with Gasteiger partial charge in [-0.15, -0.1) is 0 Å². The fourth-order valence-corrected chi connectivity index (χ4v) is 3.55. The van der Waals surface area contributed by atoms with Gasteiger partial charge in [0.15, 0.2) is 0 Å². The molecule has 3 aromatic carbocycles. The monoisotopic (exact) mass is 397 g/mol. The number of fused-ring (bicyclic) bond motifs is 2. The summed E-state index contributed by atoms with van der Waals surface area (Å²) in [6.45, 7) is -0.210. The summed E-state index contributed by atoms with van der Waals surface area (Å²) in [5.74, 6) is -1.45. The molecule has 5 rings (SSSR count). The molecule has 0 atom stereocenters. The fraction of sp³-hybridized carbons (Fsp3) is 0.0435. The molecule has 0 fully saturated rings. The van der Waals surface area contributed by atoms with Crippen LogP contribution in [0, 0.1) is 0 Å². The second kappa shape index (κ2) is 6.97. The maximum atomic E-state index is 12.7. The van der Waals surface area contributed by atoms with Gasteiger partial charge in [0.05, 0.1) is 22.2 Å². The molecule has 0 spiro atoms. The van der Waals surface area contributed by atoms with Crippen molar-refractivity contribution >= 4 is 28.8 Å². The summed E-state index contributed by atoms with van der Waals surface area (Å²) in [6, 6.07) is 23.2. The smallest absolute Gasteiger partial charge is 0.328 e. The van der Waals surface area contributed by atoms with E-state index < -0.39 is 17.8 Å². The molecule has 0 N–H and O–H groups in total. The minimum Gasteiger partial charge on any atom is -0.328 e. The van der Waals surface area contributed by atoms with E-state index in [1.807, 2.05) is 54.6 Å². The lowest BCUT2D eigenvalue weighted by molar-refractivity contribution is -0.169. The van der Waals surface area contributed by atoms with Gasteiger partial charge in [0, 0.05) is 5.56 Å². The predicted molar refractivity (Wildman–Crippen MR) is 108 cm³/mol. The van der Waals surface area contributed by atoms with Crippen LogP contribution in [0.15, 0.2) is 78.9 Å². The van der Waals surface area contributed by atoms with Crippen LogP contribution in [0.3, 0.4) is 0 Å². The van der Waals surface area contributed by atoms with Crippen molar-refractivity contribution in [3.05, 3.63) is 90.0 Å². The number of imidazole rings is 1. The topological polar surface area (TPSA) is 81.5 Å². The number of hydrogen-bond acceptors (Lipinski definition) is 5. The van der Waals surface area contributed by atoms with Crippen molar-refractivity contribution in [1.82, 2.24) is 14.6 Å².